The zero-order chi connectivity index (χ0) is 29.8. The number of para-hydroxylation sites is 2. The van der Waals surface area contributed by atoms with Crippen molar-refractivity contribution in [1.82, 2.24) is 14.9 Å². The molecule has 0 N–H and O–H groups in total. The Bertz CT molecular complexity index is 1580. The third kappa shape index (κ3) is 7.00. The van der Waals surface area contributed by atoms with Crippen molar-refractivity contribution in [2.24, 2.45) is 0 Å². The molecule has 1 aromatic heterocycles. The van der Waals surface area contributed by atoms with Gasteiger partial charge in [-0.15, -0.1) is 0 Å². The van der Waals surface area contributed by atoms with Crippen molar-refractivity contribution in [3.63, 3.8) is 0 Å². The number of rotatable bonds is 7. The van der Waals surface area contributed by atoms with Gasteiger partial charge >= 0.3 is 0 Å². The maximum Gasteiger partial charge on any atom is 0.253 e. The molecule has 0 spiro atoms. The van der Waals surface area contributed by atoms with Gasteiger partial charge in [-0.1, -0.05) is 71.4 Å². The number of anilines is 3. The van der Waals surface area contributed by atoms with Crippen LogP contribution in [0.25, 0.3) is 0 Å². The quantitative estimate of drug-likeness (QED) is 0.130. The van der Waals surface area contributed by atoms with Crippen LogP contribution in [0, 0.1) is 5.82 Å². The molecule has 4 aromatic rings. The zero-order valence-electron chi connectivity index (χ0n) is 23.5. The lowest BCUT2D eigenvalue weighted by Gasteiger charge is -2.37. The van der Waals surface area contributed by atoms with Crippen molar-refractivity contribution in [3.05, 3.63) is 106 Å². The summed E-state index contributed by atoms with van der Waals surface area (Å²) in [6, 6.07) is 24.2. The standard InChI is InChI=1S/C32H31Cl2FN6OS/c33-25-5-1-3-7-27(25)38-13-17-40(18-14-38)30-21-29(34)36-32(37-30)43-22-23-9-11-24(12-10-23)31(42)41-19-15-39(16-20-41)28-8-4-2-6-26(28)35/h1-12,21H,13-20,22H2. The Morgan fingerprint density at radius 2 is 1.35 bits per heavy atom. The molecule has 0 unspecified atom stereocenters. The molecule has 1 amide bonds. The largest absolute Gasteiger partial charge is 0.367 e. The molecule has 7 nitrogen and oxygen atoms in total. The predicted octanol–water partition coefficient (Wildman–Crippen LogP) is 6.50. The summed E-state index contributed by atoms with van der Waals surface area (Å²) < 4.78 is 14.2. The number of benzene rings is 3. The van der Waals surface area contributed by atoms with E-state index in [0.29, 0.717) is 53.5 Å². The van der Waals surface area contributed by atoms with Crippen LogP contribution < -0.4 is 14.7 Å². The van der Waals surface area contributed by atoms with E-state index >= 15 is 0 Å². The second-order valence-corrected chi connectivity index (χ2v) is 12.2. The van der Waals surface area contributed by atoms with Gasteiger partial charge in [-0.3, -0.25) is 4.79 Å². The molecule has 11 heteroatoms. The fourth-order valence-corrected chi connectivity index (χ4v) is 6.72. The first-order valence-corrected chi connectivity index (χ1v) is 16.0. The predicted molar refractivity (Wildman–Crippen MR) is 173 cm³/mol. The maximum absolute atomic E-state index is 14.2. The van der Waals surface area contributed by atoms with Crippen molar-refractivity contribution >= 4 is 58.1 Å². The monoisotopic (exact) mass is 636 g/mol. The van der Waals surface area contributed by atoms with E-state index in [1.807, 2.05) is 70.5 Å². The first kappa shape index (κ1) is 29.5. The number of aromatic nitrogens is 2. The minimum Gasteiger partial charge on any atom is -0.367 e. The highest BCUT2D eigenvalue weighted by Crippen LogP contribution is 2.29. The molecule has 2 aliphatic heterocycles. The Morgan fingerprint density at radius 1 is 0.744 bits per heavy atom. The van der Waals surface area contributed by atoms with Crippen molar-refractivity contribution in [1.29, 1.82) is 0 Å². The summed E-state index contributed by atoms with van der Waals surface area (Å²) in [5, 5.41) is 1.79. The van der Waals surface area contributed by atoms with Crippen LogP contribution >= 0.6 is 35.0 Å². The molecule has 2 fully saturated rings. The summed E-state index contributed by atoms with van der Waals surface area (Å²) in [7, 11) is 0. The number of carbonyl (C=O) groups is 1. The van der Waals surface area contributed by atoms with Gasteiger partial charge in [0.05, 0.1) is 16.4 Å². The van der Waals surface area contributed by atoms with Gasteiger partial charge in [0.15, 0.2) is 5.16 Å². The second kappa shape index (κ2) is 13.4. The second-order valence-electron chi connectivity index (χ2n) is 10.5. The average Bonchev–Trinajstić information content (AvgIpc) is 3.04. The third-order valence-corrected chi connectivity index (χ3v) is 9.22. The first-order valence-electron chi connectivity index (χ1n) is 14.2. The lowest BCUT2D eigenvalue weighted by atomic mass is 10.1. The zero-order valence-corrected chi connectivity index (χ0v) is 25.8. The van der Waals surface area contributed by atoms with Crippen molar-refractivity contribution in [3.8, 4) is 0 Å². The van der Waals surface area contributed by atoms with E-state index in [1.165, 1.54) is 17.8 Å². The van der Waals surface area contributed by atoms with E-state index in [4.69, 9.17) is 28.2 Å². The smallest absolute Gasteiger partial charge is 0.253 e. The topological polar surface area (TPSA) is 55.8 Å². The Morgan fingerprint density at radius 3 is 2.05 bits per heavy atom. The minimum absolute atomic E-state index is 0.00941. The van der Waals surface area contributed by atoms with E-state index < -0.39 is 0 Å². The fourth-order valence-electron chi connectivity index (χ4n) is 5.43. The van der Waals surface area contributed by atoms with Gasteiger partial charge < -0.3 is 19.6 Å². The van der Waals surface area contributed by atoms with E-state index in [0.717, 1.165) is 48.3 Å². The lowest BCUT2D eigenvalue weighted by Crippen LogP contribution is -2.49. The van der Waals surface area contributed by atoms with Crippen molar-refractivity contribution < 1.29 is 9.18 Å². The Kier molecular flexibility index (Phi) is 9.21. The lowest BCUT2D eigenvalue weighted by molar-refractivity contribution is 0.0746. The van der Waals surface area contributed by atoms with Gasteiger partial charge in [0.2, 0.25) is 0 Å². The first-order chi connectivity index (χ1) is 20.9. The summed E-state index contributed by atoms with van der Waals surface area (Å²) >= 11 is 14.3. The number of nitrogens with zero attached hydrogens (tertiary/aromatic N) is 6. The number of thioether (sulfide) groups is 1. The molecule has 6 rings (SSSR count). The van der Waals surface area contributed by atoms with Gasteiger partial charge in [0.25, 0.3) is 5.91 Å². The molecule has 43 heavy (non-hydrogen) atoms. The highest BCUT2D eigenvalue weighted by Gasteiger charge is 2.24. The number of carbonyl (C=O) groups excluding carboxylic acids is 1. The third-order valence-electron chi connectivity index (χ3n) is 7.79. The van der Waals surface area contributed by atoms with E-state index in [2.05, 4.69) is 14.8 Å². The normalized spacial score (nSPS) is 15.6. The maximum atomic E-state index is 14.2. The Hall–Kier alpha value is -3.53. The molecule has 0 atom stereocenters. The molecule has 3 heterocycles. The molecule has 2 saturated heterocycles. The molecular weight excluding hydrogens is 606 g/mol. The molecule has 0 saturated carbocycles. The highest BCUT2D eigenvalue weighted by atomic mass is 35.5. The van der Waals surface area contributed by atoms with Crippen LogP contribution in [0.1, 0.15) is 15.9 Å². The van der Waals surface area contributed by atoms with Gasteiger partial charge in [-0.05, 0) is 42.0 Å². The number of amides is 1. The highest BCUT2D eigenvalue weighted by molar-refractivity contribution is 7.98. The number of halogens is 3. The summed E-state index contributed by atoms with van der Waals surface area (Å²) in [6.45, 7) is 5.57. The van der Waals surface area contributed by atoms with E-state index in [9.17, 15) is 9.18 Å². The molecule has 2 aliphatic rings. The van der Waals surface area contributed by atoms with Gasteiger partial charge in [-0.25, -0.2) is 14.4 Å². The Labute approximate surface area is 265 Å². The Balaban J connectivity index is 1.02. The molecular formula is C32H31Cl2FN6OS. The fraction of sp³-hybridized carbons (Fsp3) is 0.281. The molecule has 0 bridgehead atoms. The van der Waals surface area contributed by atoms with Gasteiger partial charge in [-0.2, -0.15) is 0 Å². The van der Waals surface area contributed by atoms with Crippen LogP contribution in [-0.4, -0.2) is 73.1 Å². The van der Waals surface area contributed by atoms with Crippen LogP contribution in [0.5, 0.6) is 0 Å². The van der Waals surface area contributed by atoms with Gasteiger partial charge in [0, 0.05) is 69.7 Å². The average molecular weight is 638 g/mol. The van der Waals surface area contributed by atoms with E-state index in [1.54, 1.807) is 12.1 Å². The summed E-state index contributed by atoms with van der Waals surface area (Å²) in [4.78, 5) is 30.7. The summed E-state index contributed by atoms with van der Waals surface area (Å²) in [5.41, 5.74) is 3.34. The van der Waals surface area contributed by atoms with E-state index in [-0.39, 0.29) is 11.7 Å². The van der Waals surface area contributed by atoms with Gasteiger partial charge in [0.1, 0.15) is 16.8 Å². The van der Waals surface area contributed by atoms with Crippen LogP contribution in [0.15, 0.2) is 84.0 Å². The summed E-state index contributed by atoms with van der Waals surface area (Å²) in [5.74, 6) is 1.22. The van der Waals surface area contributed by atoms with Crippen LogP contribution in [0.2, 0.25) is 10.2 Å². The van der Waals surface area contributed by atoms with Crippen LogP contribution in [0.4, 0.5) is 21.6 Å². The molecule has 222 valence electrons. The van der Waals surface area contributed by atoms with Crippen LogP contribution in [0.3, 0.4) is 0 Å². The number of hydrogen-bond donors (Lipinski definition) is 0. The van der Waals surface area contributed by atoms with Crippen molar-refractivity contribution in [2.45, 2.75) is 10.9 Å². The molecule has 0 aliphatic carbocycles. The summed E-state index contributed by atoms with van der Waals surface area (Å²) in [6.07, 6.45) is 0. The van der Waals surface area contributed by atoms with Crippen LogP contribution in [-0.2, 0) is 5.75 Å². The minimum atomic E-state index is -0.234. The number of piperazine rings is 2. The SMILES string of the molecule is O=C(c1ccc(CSc2nc(Cl)cc(N3CCN(c4ccccc4Cl)CC3)n2)cc1)N1CCN(c2ccccc2F)CC1. The van der Waals surface area contributed by atoms with Crippen molar-refractivity contribution in [2.75, 3.05) is 67.1 Å². The molecule has 3 aromatic carbocycles. The molecule has 0 radical (unpaired) electrons. The number of hydrogen-bond acceptors (Lipinski definition) is 7.